The van der Waals surface area contributed by atoms with Gasteiger partial charge in [-0.3, -0.25) is 9.59 Å². The van der Waals surface area contributed by atoms with Gasteiger partial charge in [0.1, 0.15) is 0 Å². The molecule has 2 atom stereocenters. The molecule has 5 nitrogen and oxygen atoms in total. The standard InChI is InChI=1S/C22H25NO4/c1-27-19-12-18(13-22(25)26)23(15-19)21(24)14-20(16-8-4-2-5-9-16)17-10-6-3-7-11-17/h2-11,18-20H,12-15H2,1H3,(H,25,26). The zero-order valence-electron chi connectivity index (χ0n) is 15.5. The van der Waals surface area contributed by atoms with Crippen molar-refractivity contribution in [1.82, 2.24) is 4.90 Å². The quantitative estimate of drug-likeness (QED) is 0.815. The Bertz CT molecular complexity index is 723. The first kappa shape index (κ1) is 19.1. The molecule has 142 valence electrons. The average Bonchev–Trinajstić information content (AvgIpc) is 3.09. The fourth-order valence-corrected chi connectivity index (χ4v) is 3.84. The molecule has 1 fully saturated rings. The molecule has 2 unspecified atom stereocenters. The molecule has 1 aliphatic rings. The van der Waals surface area contributed by atoms with E-state index in [1.54, 1.807) is 12.0 Å². The van der Waals surface area contributed by atoms with E-state index in [2.05, 4.69) is 0 Å². The van der Waals surface area contributed by atoms with Crippen LogP contribution in [0.25, 0.3) is 0 Å². The fourth-order valence-electron chi connectivity index (χ4n) is 3.84. The van der Waals surface area contributed by atoms with Gasteiger partial charge in [-0.05, 0) is 17.5 Å². The van der Waals surface area contributed by atoms with Crippen LogP contribution >= 0.6 is 0 Å². The third-order valence-electron chi connectivity index (χ3n) is 5.22. The molecule has 1 N–H and O–H groups in total. The molecule has 1 saturated heterocycles. The highest BCUT2D eigenvalue weighted by Gasteiger charge is 2.37. The molecule has 27 heavy (non-hydrogen) atoms. The maximum Gasteiger partial charge on any atom is 0.305 e. The van der Waals surface area contributed by atoms with Gasteiger partial charge < -0.3 is 14.7 Å². The molecular formula is C22H25NO4. The minimum Gasteiger partial charge on any atom is -0.481 e. The van der Waals surface area contributed by atoms with Crippen molar-refractivity contribution in [3.63, 3.8) is 0 Å². The monoisotopic (exact) mass is 367 g/mol. The van der Waals surface area contributed by atoms with Gasteiger partial charge in [0, 0.05) is 32.0 Å². The zero-order chi connectivity index (χ0) is 19.2. The Hall–Kier alpha value is -2.66. The summed E-state index contributed by atoms with van der Waals surface area (Å²) in [6.45, 7) is 0.448. The number of nitrogens with zero attached hydrogens (tertiary/aromatic N) is 1. The minimum absolute atomic E-state index is 0.0292. The summed E-state index contributed by atoms with van der Waals surface area (Å²) in [5, 5.41) is 9.19. The van der Waals surface area contributed by atoms with E-state index in [1.165, 1.54) is 0 Å². The van der Waals surface area contributed by atoms with Crippen LogP contribution in [0.4, 0.5) is 0 Å². The van der Waals surface area contributed by atoms with Crippen LogP contribution in [0.3, 0.4) is 0 Å². The van der Waals surface area contributed by atoms with Crippen molar-refractivity contribution in [3.05, 3.63) is 71.8 Å². The predicted molar refractivity (Wildman–Crippen MR) is 103 cm³/mol. The second-order valence-corrected chi connectivity index (χ2v) is 6.97. The molecule has 1 amide bonds. The number of likely N-dealkylation sites (tertiary alicyclic amines) is 1. The average molecular weight is 367 g/mol. The van der Waals surface area contributed by atoms with Crippen LogP contribution in [0.5, 0.6) is 0 Å². The number of ether oxygens (including phenoxy) is 1. The SMILES string of the molecule is COC1CC(CC(=O)O)N(C(=O)CC(c2ccccc2)c2ccccc2)C1. The molecule has 0 aromatic heterocycles. The molecule has 1 aliphatic heterocycles. The van der Waals surface area contributed by atoms with Gasteiger partial charge in [-0.25, -0.2) is 0 Å². The highest BCUT2D eigenvalue weighted by Crippen LogP contribution is 2.31. The lowest BCUT2D eigenvalue weighted by Crippen LogP contribution is -2.38. The molecule has 2 aromatic rings. The Morgan fingerprint density at radius 2 is 1.63 bits per heavy atom. The van der Waals surface area contributed by atoms with E-state index in [0.29, 0.717) is 19.4 Å². The molecule has 1 heterocycles. The molecule has 0 radical (unpaired) electrons. The number of hydrogen-bond acceptors (Lipinski definition) is 3. The molecular weight excluding hydrogens is 342 g/mol. The maximum atomic E-state index is 13.1. The summed E-state index contributed by atoms with van der Waals surface area (Å²) in [5.74, 6) is -0.984. The first-order chi connectivity index (χ1) is 13.1. The highest BCUT2D eigenvalue weighted by molar-refractivity contribution is 5.79. The van der Waals surface area contributed by atoms with Gasteiger partial charge in [-0.1, -0.05) is 60.7 Å². The fraction of sp³-hybridized carbons (Fsp3) is 0.364. The van der Waals surface area contributed by atoms with Gasteiger partial charge >= 0.3 is 5.97 Å². The molecule has 5 heteroatoms. The van der Waals surface area contributed by atoms with Crippen LogP contribution in [-0.4, -0.2) is 47.7 Å². The number of rotatable bonds is 7. The number of benzene rings is 2. The lowest BCUT2D eigenvalue weighted by Gasteiger charge is -2.26. The highest BCUT2D eigenvalue weighted by atomic mass is 16.5. The minimum atomic E-state index is -0.891. The summed E-state index contributed by atoms with van der Waals surface area (Å²) in [6.07, 6.45) is 0.717. The summed E-state index contributed by atoms with van der Waals surface area (Å²) < 4.78 is 5.39. The Labute approximate surface area is 159 Å². The van der Waals surface area contributed by atoms with E-state index < -0.39 is 5.97 Å². The second kappa shape index (κ2) is 8.82. The first-order valence-electron chi connectivity index (χ1n) is 9.22. The van der Waals surface area contributed by atoms with E-state index in [-0.39, 0.29) is 30.4 Å². The van der Waals surface area contributed by atoms with E-state index in [9.17, 15) is 14.7 Å². The van der Waals surface area contributed by atoms with Crippen LogP contribution in [0.2, 0.25) is 0 Å². The number of amides is 1. The predicted octanol–water partition coefficient (Wildman–Crippen LogP) is 3.30. The molecule has 0 aliphatic carbocycles. The summed E-state index contributed by atoms with van der Waals surface area (Å²) in [6, 6.07) is 19.6. The van der Waals surface area contributed by atoms with Crippen molar-refractivity contribution in [2.75, 3.05) is 13.7 Å². The van der Waals surface area contributed by atoms with Gasteiger partial charge in [0.25, 0.3) is 0 Å². The Morgan fingerprint density at radius 1 is 1.07 bits per heavy atom. The lowest BCUT2D eigenvalue weighted by atomic mass is 9.88. The molecule has 0 saturated carbocycles. The number of carbonyl (C=O) groups excluding carboxylic acids is 1. The van der Waals surface area contributed by atoms with Gasteiger partial charge in [-0.2, -0.15) is 0 Å². The number of carbonyl (C=O) groups is 2. The van der Waals surface area contributed by atoms with Crippen molar-refractivity contribution in [2.24, 2.45) is 0 Å². The maximum absolute atomic E-state index is 13.1. The normalized spacial score (nSPS) is 19.4. The van der Waals surface area contributed by atoms with Crippen LogP contribution in [-0.2, 0) is 14.3 Å². The summed E-state index contributed by atoms with van der Waals surface area (Å²) in [7, 11) is 1.60. The number of hydrogen-bond donors (Lipinski definition) is 1. The number of methoxy groups -OCH3 is 1. The Morgan fingerprint density at radius 3 is 2.11 bits per heavy atom. The van der Waals surface area contributed by atoms with Crippen molar-refractivity contribution >= 4 is 11.9 Å². The number of carboxylic acid groups (broad SMARTS) is 1. The van der Waals surface area contributed by atoms with E-state index in [0.717, 1.165) is 11.1 Å². The van der Waals surface area contributed by atoms with E-state index in [4.69, 9.17) is 4.74 Å². The molecule has 3 rings (SSSR count). The Kier molecular flexibility index (Phi) is 6.24. The van der Waals surface area contributed by atoms with Crippen molar-refractivity contribution in [2.45, 2.75) is 37.3 Å². The van der Waals surface area contributed by atoms with Gasteiger partial charge in [0.05, 0.1) is 12.5 Å². The Balaban J connectivity index is 1.82. The van der Waals surface area contributed by atoms with Crippen molar-refractivity contribution in [1.29, 1.82) is 0 Å². The van der Waals surface area contributed by atoms with Crippen LogP contribution in [0, 0.1) is 0 Å². The molecule has 2 aromatic carbocycles. The lowest BCUT2D eigenvalue weighted by molar-refractivity contribution is -0.140. The third-order valence-corrected chi connectivity index (χ3v) is 5.22. The van der Waals surface area contributed by atoms with Crippen LogP contribution < -0.4 is 0 Å². The molecule has 0 spiro atoms. The van der Waals surface area contributed by atoms with Gasteiger partial charge in [0.15, 0.2) is 0 Å². The summed E-state index contributed by atoms with van der Waals surface area (Å²) >= 11 is 0. The van der Waals surface area contributed by atoms with E-state index >= 15 is 0 Å². The van der Waals surface area contributed by atoms with Gasteiger partial charge in [-0.15, -0.1) is 0 Å². The summed E-state index contributed by atoms with van der Waals surface area (Å²) in [5.41, 5.74) is 2.16. The zero-order valence-corrected chi connectivity index (χ0v) is 15.5. The first-order valence-corrected chi connectivity index (χ1v) is 9.22. The largest absolute Gasteiger partial charge is 0.481 e. The van der Waals surface area contributed by atoms with Crippen LogP contribution in [0.15, 0.2) is 60.7 Å². The van der Waals surface area contributed by atoms with E-state index in [1.807, 2.05) is 60.7 Å². The molecule has 0 bridgehead atoms. The van der Waals surface area contributed by atoms with Crippen molar-refractivity contribution < 1.29 is 19.4 Å². The smallest absolute Gasteiger partial charge is 0.305 e. The number of carboxylic acids is 1. The second-order valence-electron chi connectivity index (χ2n) is 6.97. The van der Waals surface area contributed by atoms with Gasteiger partial charge in [0.2, 0.25) is 5.91 Å². The number of aliphatic carboxylic acids is 1. The summed E-state index contributed by atoms with van der Waals surface area (Å²) in [4.78, 5) is 26.0. The van der Waals surface area contributed by atoms with Crippen molar-refractivity contribution in [3.8, 4) is 0 Å². The van der Waals surface area contributed by atoms with Crippen LogP contribution in [0.1, 0.15) is 36.3 Å². The topological polar surface area (TPSA) is 66.8 Å². The third kappa shape index (κ3) is 4.74.